The number of fused-ring (bicyclic) bond motifs is 1. The molecule has 1 aliphatic heterocycles. The molecule has 136 valence electrons. The summed E-state index contributed by atoms with van der Waals surface area (Å²) in [5.74, 6) is 0.465. The predicted molar refractivity (Wildman–Crippen MR) is 99.0 cm³/mol. The average molecular weight is 372 g/mol. The molecule has 3 heterocycles. The molecule has 0 bridgehead atoms. The Hall–Kier alpha value is -2.02. The fraction of sp³-hybridized carbons (Fsp3) is 0.421. The van der Waals surface area contributed by atoms with Gasteiger partial charge in [-0.2, -0.15) is 0 Å². The molecule has 4 rings (SSSR count). The van der Waals surface area contributed by atoms with Crippen molar-refractivity contribution in [3.05, 3.63) is 59.1 Å². The predicted octanol–water partition coefficient (Wildman–Crippen LogP) is 2.38. The molecule has 3 N–H and O–H groups in total. The maximum absolute atomic E-state index is 12.8. The third-order valence-electron chi connectivity index (χ3n) is 5.44. The van der Waals surface area contributed by atoms with Gasteiger partial charge in [0, 0.05) is 31.2 Å². The van der Waals surface area contributed by atoms with Crippen LogP contribution in [-0.2, 0) is 11.3 Å². The fourth-order valence-corrected chi connectivity index (χ4v) is 4.24. The molecular weight excluding hydrogens is 350 g/mol. The average Bonchev–Trinajstić information content (AvgIpc) is 3.12. The highest BCUT2D eigenvalue weighted by molar-refractivity contribution is 6.29. The molecule has 2 fully saturated rings. The van der Waals surface area contributed by atoms with Crippen LogP contribution in [0.15, 0.2) is 42.9 Å². The van der Waals surface area contributed by atoms with E-state index in [-0.39, 0.29) is 23.9 Å². The van der Waals surface area contributed by atoms with Gasteiger partial charge in [-0.15, -0.1) is 0 Å². The third-order valence-corrected chi connectivity index (χ3v) is 5.66. The van der Waals surface area contributed by atoms with E-state index in [0.717, 1.165) is 24.8 Å². The van der Waals surface area contributed by atoms with Gasteiger partial charge in [-0.25, -0.2) is 10.4 Å². The zero-order chi connectivity index (χ0) is 17.9. The Bertz CT molecular complexity index is 754. The van der Waals surface area contributed by atoms with Crippen molar-refractivity contribution in [1.82, 2.24) is 26.1 Å². The molecule has 7 heteroatoms. The number of amides is 1. The van der Waals surface area contributed by atoms with Gasteiger partial charge < -0.3 is 5.32 Å². The Kier molecular flexibility index (Phi) is 5.15. The van der Waals surface area contributed by atoms with Crippen LogP contribution >= 0.6 is 11.6 Å². The molecule has 1 saturated heterocycles. The summed E-state index contributed by atoms with van der Waals surface area (Å²) in [6.45, 7) is 0.470. The quantitative estimate of drug-likeness (QED) is 0.719. The molecule has 2 aliphatic rings. The fourth-order valence-electron chi connectivity index (χ4n) is 4.13. The van der Waals surface area contributed by atoms with Crippen LogP contribution in [0, 0.1) is 11.8 Å². The maximum Gasteiger partial charge on any atom is 0.225 e. The van der Waals surface area contributed by atoms with Crippen LogP contribution in [0.1, 0.15) is 36.4 Å². The summed E-state index contributed by atoms with van der Waals surface area (Å²) in [7, 11) is 0. The minimum atomic E-state index is -0.0339. The van der Waals surface area contributed by atoms with E-state index >= 15 is 0 Å². The molecule has 1 aliphatic carbocycles. The zero-order valence-electron chi connectivity index (χ0n) is 14.4. The number of carbonyl (C=O) groups is 1. The highest BCUT2D eigenvalue weighted by Gasteiger charge is 2.45. The lowest BCUT2D eigenvalue weighted by molar-refractivity contribution is -0.127. The van der Waals surface area contributed by atoms with Gasteiger partial charge in [0.2, 0.25) is 5.91 Å². The lowest BCUT2D eigenvalue weighted by atomic mass is 9.73. The Morgan fingerprint density at radius 2 is 2.04 bits per heavy atom. The number of halogens is 1. The summed E-state index contributed by atoms with van der Waals surface area (Å²) in [6, 6.07) is 8.07. The first-order chi connectivity index (χ1) is 12.7. The number of hydrazine groups is 1. The topological polar surface area (TPSA) is 78.9 Å². The highest BCUT2D eigenvalue weighted by atomic mass is 35.5. The van der Waals surface area contributed by atoms with E-state index in [1.807, 2.05) is 30.6 Å². The second-order valence-electron chi connectivity index (χ2n) is 6.98. The second-order valence-corrected chi connectivity index (χ2v) is 7.37. The molecule has 26 heavy (non-hydrogen) atoms. The van der Waals surface area contributed by atoms with E-state index < -0.39 is 0 Å². The molecule has 0 spiro atoms. The van der Waals surface area contributed by atoms with E-state index in [4.69, 9.17) is 11.6 Å². The van der Waals surface area contributed by atoms with Gasteiger partial charge in [0.25, 0.3) is 0 Å². The van der Waals surface area contributed by atoms with E-state index in [2.05, 4.69) is 26.1 Å². The number of rotatable bonds is 4. The van der Waals surface area contributed by atoms with Crippen molar-refractivity contribution >= 4 is 17.5 Å². The van der Waals surface area contributed by atoms with Crippen molar-refractivity contribution < 1.29 is 4.79 Å². The first kappa shape index (κ1) is 17.4. The van der Waals surface area contributed by atoms with Crippen LogP contribution in [0.4, 0.5) is 0 Å². The molecule has 1 amide bonds. The van der Waals surface area contributed by atoms with Gasteiger partial charge in [-0.05, 0) is 48.1 Å². The lowest BCUT2D eigenvalue weighted by Gasteiger charge is -2.33. The molecule has 6 nitrogen and oxygen atoms in total. The Balaban J connectivity index is 1.41. The van der Waals surface area contributed by atoms with Crippen molar-refractivity contribution in [3.63, 3.8) is 0 Å². The summed E-state index contributed by atoms with van der Waals surface area (Å²) in [6.07, 6.45) is 8.41. The summed E-state index contributed by atoms with van der Waals surface area (Å²) in [5, 5.41) is 3.51. The lowest BCUT2D eigenvalue weighted by Crippen LogP contribution is -2.47. The number of hydrogen-bond donors (Lipinski definition) is 3. The first-order valence-corrected chi connectivity index (χ1v) is 9.39. The monoisotopic (exact) mass is 371 g/mol. The zero-order valence-corrected chi connectivity index (χ0v) is 15.1. The molecule has 0 radical (unpaired) electrons. The van der Waals surface area contributed by atoms with Gasteiger partial charge in [-0.3, -0.25) is 15.2 Å². The smallest absolute Gasteiger partial charge is 0.225 e. The van der Waals surface area contributed by atoms with Gasteiger partial charge in [0.1, 0.15) is 5.15 Å². The molecule has 4 atom stereocenters. The summed E-state index contributed by atoms with van der Waals surface area (Å²) < 4.78 is 0. The van der Waals surface area contributed by atoms with Crippen molar-refractivity contribution in [2.45, 2.75) is 37.9 Å². The number of nitrogens with zero attached hydrogens (tertiary/aromatic N) is 2. The van der Waals surface area contributed by atoms with Crippen LogP contribution < -0.4 is 16.2 Å². The standard InChI is InChI=1S/C19H22ClN5O/c20-16-5-4-12(10-22-16)11-23-19(26)15-3-1-2-14-17(24-25-18(14)15)13-6-8-21-9-7-13/h4-10,14-15,17-18,24-25H,1-3,11H2,(H,23,26). The van der Waals surface area contributed by atoms with Crippen LogP contribution in [-0.4, -0.2) is 21.9 Å². The van der Waals surface area contributed by atoms with E-state index in [1.54, 1.807) is 12.3 Å². The first-order valence-electron chi connectivity index (χ1n) is 9.01. The van der Waals surface area contributed by atoms with Crippen molar-refractivity contribution in [3.8, 4) is 0 Å². The van der Waals surface area contributed by atoms with Crippen molar-refractivity contribution in [2.75, 3.05) is 0 Å². The Morgan fingerprint density at radius 3 is 2.81 bits per heavy atom. The molecule has 2 aromatic rings. The van der Waals surface area contributed by atoms with Gasteiger partial charge in [0.05, 0.1) is 12.0 Å². The van der Waals surface area contributed by atoms with Crippen LogP contribution in [0.2, 0.25) is 5.15 Å². The van der Waals surface area contributed by atoms with Crippen molar-refractivity contribution in [1.29, 1.82) is 0 Å². The SMILES string of the molecule is O=C(NCc1ccc(Cl)nc1)C1CCCC2C(c3ccncc3)NNC12. The van der Waals surface area contributed by atoms with Crippen molar-refractivity contribution in [2.24, 2.45) is 11.8 Å². The molecule has 1 saturated carbocycles. The highest BCUT2D eigenvalue weighted by Crippen LogP contribution is 2.40. The van der Waals surface area contributed by atoms with Crippen LogP contribution in [0.3, 0.4) is 0 Å². The Morgan fingerprint density at radius 1 is 1.19 bits per heavy atom. The minimum Gasteiger partial charge on any atom is -0.352 e. The number of hydrogen-bond acceptors (Lipinski definition) is 5. The van der Waals surface area contributed by atoms with Crippen LogP contribution in [0.5, 0.6) is 0 Å². The third kappa shape index (κ3) is 3.58. The summed E-state index contributed by atoms with van der Waals surface area (Å²) in [4.78, 5) is 20.9. The minimum absolute atomic E-state index is 0.0339. The van der Waals surface area contributed by atoms with Crippen LogP contribution in [0.25, 0.3) is 0 Å². The summed E-state index contributed by atoms with van der Waals surface area (Å²) in [5.41, 5.74) is 8.94. The van der Waals surface area contributed by atoms with Gasteiger partial charge in [-0.1, -0.05) is 24.1 Å². The van der Waals surface area contributed by atoms with E-state index in [0.29, 0.717) is 17.6 Å². The Labute approximate surface area is 157 Å². The molecule has 4 unspecified atom stereocenters. The number of nitrogens with one attached hydrogen (secondary N) is 3. The van der Waals surface area contributed by atoms with Gasteiger partial charge >= 0.3 is 0 Å². The largest absolute Gasteiger partial charge is 0.352 e. The number of carbonyl (C=O) groups excluding carboxylic acids is 1. The molecule has 0 aromatic carbocycles. The number of pyridine rings is 2. The molecular formula is C19H22ClN5O. The molecule has 2 aromatic heterocycles. The second kappa shape index (κ2) is 7.70. The van der Waals surface area contributed by atoms with E-state index in [1.165, 1.54) is 5.56 Å². The maximum atomic E-state index is 12.8. The van der Waals surface area contributed by atoms with E-state index in [9.17, 15) is 4.79 Å². The summed E-state index contributed by atoms with van der Waals surface area (Å²) >= 11 is 5.80. The normalized spacial score (nSPS) is 27.7. The van der Waals surface area contributed by atoms with Gasteiger partial charge in [0.15, 0.2) is 0 Å². The number of aromatic nitrogens is 2.